The van der Waals surface area contributed by atoms with E-state index in [1.54, 1.807) is 19.9 Å². The number of rotatable bonds is 3. The van der Waals surface area contributed by atoms with Crippen molar-refractivity contribution in [3.05, 3.63) is 23.0 Å². The zero-order valence-electron chi connectivity index (χ0n) is 12.6. The molecule has 0 aromatic carbocycles. The fraction of sp³-hybridized carbons (Fsp3) is 0.429. The number of likely N-dealkylation sites (N-methyl/N-ethyl adjacent to an activating group) is 1. The monoisotopic (exact) mass is 291 g/mol. The predicted molar refractivity (Wildman–Crippen MR) is 75.1 cm³/mol. The van der Waals surface area contributed by atoms with Crippen molar-refractivity contribution in [2.75, 3.05) is 7.05 Å². The number of aliphatic carboxylic acids is 1. The Morgan fingerprint density at radius 3 is 2.52 bits per heavy atom. The van der Waals surface area contributed by atoms with E-state index in [1.165, 1.54) is 25.8 Å². The molecule has 2 rings (SSSR count). The van der Waals surface area contributed by atoms with Gasteiger partial charge in [-0.3, -0.25) is 4.79 Å². The first-order valence-corrected chi connectivity index (χ1v) is 6.41. The third-order valence-corrected chi connectivity index (χ3v) is 3.64. The third kappa shape index (κ3) is 2.35. The predicted octanol–water partition coefficient (Wildman–Crippen LogP) is 1.77. The molecular formula is C14H17N3O4. The number of carboxylic acids is 1. The second kappa shape index (κ2) is 4.83. The minimum absolute atomic E-state index is 0.275. The molecule has 0 fully saturated rings. The highest BCUT2D eigenvalue weighted by Crippen LogP contribution is 2.25. The first-order chi connectivity index (χ1) is 9.66. The molecule has 0 atom stereocenters. The average Bonchev–Trinajstić information content (AvgIpc) is 2.77. The molecular weight excluding hydrogens is 274 g/mol. The van der Waals surface area contributed by atoms with Crippen molar-refractivity contribution in [2.24, 2.45) is 0 Å². The average molecular weight is 291 g/mol. The van der Waals surface area contributed by atoms with Gasteiger partial charge in [-0.05, 0) is 33.8 Å². The summed E-state index contributed by atoms with van der Waals surface area (Å²) in [4.78, 5) is 29.4. The van der Waals surface area contributed by atoms with Crippen molar-refractivity contribution >= 4 is 23.0 Å². The summed E-state index contributed by atoms with van der Waals surface area (Å²) < 4.78 is 5.08. The molecule has 0 aliphatic rings. The summed E-state index contributed by atoms with van der Waals surface area (Å²) >= 11 is 0. The molecule has 0 saturated carbocycles. The molecule has 7 nitrogen and oxygen atoms in total. The number of amides is 1. The summed E-state index contributed by atoms with van der Waals surface area (Å²) in [5.41, 5.74) is 0.433. The largest absolute Gasteiger partial charge is 0.480 e. The lowest BCUT2D eigenvalue weighted by atomic mass is 10.0. The van der Waals surface area contributed by atoms with Crippen LogP contribution in [0.5, 0.6) is 0 Å². The molecule has 0 radical (unpaired) electrons. The molecule has 0 aliphatic carbocycles. The number of aryl methyl sites for hydroxylation is 2. The molecule has 21 heavy (non-hydrogen) atoms. The van der Waals surface area contributed by atoms with E-state index in [-0.39, 0.29) is 5.71 Å². The van der Waals surface area contributed by atoms with E-state index in [2.05, 4.69) is 10.1 Å². The summed E-state index contributed by atoms with van der Waals surface area (Å²) in [6.45, 7) is 6.39. The topological polar surface area (TPSA) is 96.5 Å². The minimum atomic E-state index is -1.33. The van der Waals surface area contributed by atoms with Crippen LogP contribution in [0.15, 0.2) is 10.6 Å². The third-order valence-electron chi connectivity index (χ3n) is 3.64. The van der Waals surface area contributed by atoms with Crippen LogP contribution in [0.4, 0.5) is 0 Å². The van der Waals surface area contributed by atoms with Crippen LogP contribution in [0.3, 0.4) is 0 Å². The van der Waals surface area contributed by atoms with Gasteiger partial charge in [-0.2, -0.15) is 0 Å². The van der Waals surface area contributed by atoms with Gasteiger partial charge in [0, 0.05) is 12.7 Å². The molecule has 0 aliphatic heterocycles. The lowest BCUT2D eigenvalue weighted by Gasteiger charge is -2.31. The maximum absolute atomic E-state index is 12.7. The van der Waals surface area contributed by atoms with E-state index in [0.717, 1.165) is 0 Å². The highest BCUT2D eigenvalue weighted by molar-refractivity contribution is 6.07. The maximum Gasteiger partial charge on any atom is 0.329 e. The summed E-state index contributed by atoms with van der Waals surface area (Å²) in [7, 11) is 1.46. The van der Waals surface area contributed by atoms with Crippen LogP contribution < -0.4 is 0 Å². The number of aromatic nitrogens is 2. The summed E-state index contributed by atoms with van der Waals surface area (Å²) in [5.74, 6) is -1.49. The lowest BCUT2D eigenvalue weighted by molar-refractivity contribution is -0.147. The minimum Gasteiger partial charge on any atom is -0.480 e. The van der Waals surface area contributed by atoms with Crippen molar-refractivity contribution in [2.45, 2.75) is 33.2 Å². The summed E-state index contributed by atoms with van der Waals surface area (Å²) in [6, 6.07) is 1.61. The van der Waals surface area contributed by atoms with Gasteiger partial charge < -0.3 is 14.5 Å². The Morgan fingerprint density at radius 1 is 1.33 bits per heavy atom. The van der Waals surface area contributed by atoms with Gasteiger partial charge in [0.1, 0.15) is 5.54 Å². The van der Waals surface area contributed by atoms with E-state index < -0.39 is 17.4 Å². The number of hydrogen-bond acceptors (Lipinski definition) is 5. The first-order valence-electron chi connectivity index (χ1n) is 6.41. The van der Waals surface area contributed by atoms with E-state index in [0.29, 0.717) is 22.3 Å². The Morgan fingerprint density at radius 2 is 1.95 bits per heavy atom. The van der Waals surface area contributed by atoms with Gasteiger partial charge in [0.05, 0.1) is 16.6 Å². The molecule has 112 valence electrons. The Hall–Kier alpha value is -2.44. The van der Waals surface area contributed by atoms with Crippen LogP contribution in [-0.2, 0) is 4.79 Å². The number of carboxylic acid groups (broad SMARTS) is 1. The van der Waals surface area contributed by atoms with Crippen molar-refractivity contribution in [3.63, 3.8) is 0 Å². The molecule has 2 aromatic rings. The van der Waals surface area contributed by atoms with Crippen LogP contribution >= 0.6 is 0 Å². The number of hydrogen-bond donors (Lipinski definition) is 1. The molecule has 1 N–H and O–H groups in total. The van der Waals surface area contributed by atoms with Crippen molar-refractivity contribution in [1.29, 1.82) is 0 Å². The first kappa shape index (κ1) is 15.0. The number of carbonyl (C=O) groups is 2. The zero-order chi connectivity index (χ0) is 15.9. The molecule has 0 bridgehead atoms. The Labute approximate surface area is 121 Å². The van der Waals surface area contributed by atoms with Gasteiger partial charge in [-0.1, -0.05) is 5.16 Å². The molecule has 0 spiro atoms. The molecule has 2 heterocycles. The fourth-order valence-corrected chi connectivity index (χ4v) is 1.96. The molecule has 7 heteroatoms. The molecule has 2 aromatic heterocycles. The quantitative estimate of drug-likeness (QED) is 0.925. The van der Waals surface area contributed by atoms with Crippen molar-refractivity contribution in [1.82, 2.24) is 15.0 Å². The fourth-order valence-electron chi connectivity index (χ4n) is 1.96. The normalized spacial score (nSPS) is 11.7. The van der Waals surface area contributed by atoms with Crippen molar-refractivity contribution in [3.8, 4) is 0 Å². The Kier molecular flexibility index (Phi) is 3.44. The van der Waals surface area contributed by atoms with E-state index in [9.17, 15) is 14.7 Å². The van der Waals surface area contributed by atoms with E-state index in [4.69, 9.17) is 4.52 Å². The van der Waals surface area contributed by atoms with E-state index in [1.807, 2.05) is 0 Å². The van der Waals surface area contributed by atoms with Gasteiger partial charge in [0.15, 0.2) is 0 Å². The number of pyridine rings is 1. The van der Waals surface area contributed by atoms with Gasteiger partial charge >= 0.3 is 5.97 Å². The smallest absolute Gasteiger partial charge is 0.329 e. The highest BCUT2D eigenvalue weighted by atomic mass is 16.5. The van der Waals surface area contributed by atoms with Crippen molar-refractivity contribution < 1.29 is 19.2 Å². The van der Waals surface area contributed by atoms with E-state index >= 15 is 0 Å². The summed E-state index contributed by atoms with van der Waals surface area (Å²) in [6.07, 6.45) is 0. The van der Waals surface area contributed by atoms with Crippen LogP contribution in [0, 0.1) is 13.8 Å². The summed E-state index contributed by atoms with van der Waals surface area (Å²) in [5, 5.41) is 13.6. The van der Waals surface area contributed by atoms with Crippen LogP contribution in [0.2, 0.25) is 0 Å². The second-order valence-corrected chi connectivity index (χ2v) is 5.49. The van der Waals surface area contributed by atoms with Crippen LogP contribution in [0.25, 0.3) is 11.1 Å². The standard InChI is InChI=1S/C14H17N3O4/c1-7-6-9(10-8(2)16-21-11(10)15-7)12(18)17(5)14(3,4)13(19)20/h6H,1-5H3,(H,19,20). The molecule has 0 unspecified atom stereocenters. The number of fused-ring (bicyclic) bond motifs is 1. The van der Waals surface area contributed by atoms with Gasteiger partial charge in [-0.15, -0.1) is 0 Å². The second-order valence-electron chi connectivity index (χ2n) is 5.49. The highest BCUT2D eigenvalue weighted by Gasteiger charge is 2.36. The van der Waals surface area contributed by atoms with Gasteiger partial charge in [0.2, 0.25) is 0 Å². The number of nitrogens with zero attached hydrogens (tertiary/aromatic N) is 3. The van der Waals surface area contributed by atoms with Gasteiger partial charge in [0.25, 0.3) is 11.6 Å². The lowest BCUT2D eigenvalue weighted by Crippen LogP contribution is -2.50. The van der Waals surface area contributed by atoms with Crippen LogP contribution in [0.1, 0.15) is 35.6 Å². The van der Waals surface area contributed by atoms with Gasteiger partial charge in [-0.25, -0.2) is 9.78 Å². The zero-order valence-corrected chi connectivity index (χ0v) is 12.6. The SMILES string of the molecule is Cc1cc(C(=O)N(C)C(C)(C)C(=O)O)c2c(C)noc2n1. The maximum atomic E-state index is 12.7. The molecule has 1 amide bonds. The molecule has 0 saturated heterocycles. The number of carbonyl (C=O) groups excluding carboxylic acids is 1. The van der Waals surface area contributed by atoms with Crippen LogP contribution in [-0.4, -0.2) is 44.6 Å². The Balaban J connectivity index is 2.59. The Bertz CT molecular complexity index is 733.